The average molecular weight is 416 g/mol. The van der Waals surface area contributed by atoms with Crippen LogP contribution in [0.4, 0.5) is 25.0 Å². The molecule has 0 saturated carbocycles. The third-order valence-electron chi connectivity index (χ3n) is 4.52. The lowest BCUT2D eigenvalue weighted by Gasteiger charge is -2.24. The van der Waals surface area contributed by atoms with Crippen molar-refractivity contribution >= 4 is 34.9 Å². The highest BCUT2D eigenvalue weighted by Gasteiger charge is 2.34. The average Bonchev–Trinajstić information content (AvgIpc) is 2.90. The Bertz CT molecular complexity index is 731. The molecule has 2 heterocycles. The molecule has 11 heteroatoms. The van der Waals surface area contributed by atoms with Crippen molar-refractivity contribution in [1.29, 1.82) is 0 Å². The Morgan fingerprint density at radius 1 is 1.32 bits per heavy atom. The fraction of sp³-hybridized carbons (Fsp3) is 0.529. The van der Waals surface area contributed by atoms with Crippen LogP contribution in [-0.4, -0.2) is 75.9 Å². The normalized spacial score (nSPS) is 20.7. The first-order chi connectivity index (χ1) is 13.4. The summed E-state index contributed by atoms with van der Waals surface area (Å²) in [6, 6.07) is 2.29. The van der Waals surface area contributed by atoms with Gasteiger partial charge >= 0.3 is 6.09 Å². The fourth-order valence-corrected chi connectivity index (χ4v) is 3.17. The summed E-state index contributed by atoms with van der Waals surface area (Å²) in [6.45, 7) is 1.99. The molecule has 2 saturated heterocycles. The fourth-order valence-electron chi connectivity index (χ4n) is 3.09. The van der Waals surface area contributed by atoms with Gasteiger partial charge in [0.05, 0.1) is 32.5 Å². The van der Waals surface area contributed by atoms with Gasteiger partial charge in [-0.3, -0.25) is 9.74 Å². The van der Waals surface area contributed by atoms with Gasteiger partial charge in [0, 0.05) is 38.8 Å². The third-order valence-corrected chi connectivity index (χ3v) is 4.83. The summed E-state index contributed by atoms with van der Waals surface area (Å²) < 4.78 is 39.5. The Balaban J connectivity index is 1.73. The number of hydrogen-bond donors (Lipinski definition) is 1. The van der Waals surface area contributed by atoms with Gasteiger partial charge in [-0.2, -0.15) is 5.06 Å². The first kappa shape index (κ1) is 20.5. The molecule has 1 aromatic carbocycles. The number of amides is 1. The third kappa shape index (κ3) is 4.59. The van der Waals surface area contributed by atoms with Gasteiger partial charge < -0.3 is 19.7 Å². The number of nitrogens with one attached hydrogen (secondary N) is 1. The largest absolute Gasteiger partial charge is 0.474 e. The van der Waals surface area contributed by atoms with Crippen LogP contribution in [0.25, 0.3) is 0 Å². The summed E-state index contributed by atoms with van der Waals surface area (Å²) >= 11 is 4.87. The number of benzene rings is 1. The number of halogens is 2. The highest BCUT2D eigenvalue weighted by Crippen LogP contribution is 2.31. The zero-order valence-electron chi connectivity index (χ0n) is 15.6. The summed E-state index contributed by atoms with van der Waals surface area (Å²) in [5.74, 6) is -1.48. The van der Waals surface area contributed by atoms with E-state index in [1.807, 2.05) is 0 Å². The predicted molar refractivity (Wildman–Crippen MR) is 102 cm³/mol. The summed E-state index contributed by atoms with van der Waals surface area (Å²) in [7, 11) is 3.19. The molecule has 2 fully saturated rings. The molecule has 1 atom stereocenters. The van der Waals surface area contributed by atoms with Crippen molar-refractivity contribution in [1.82, 2.24) is 10.4 Å². The number of nitrogens with zero attached hydrogens (tertiary/aromatic N) is 3. The minimum atomic E-state index is -0.741. The van der Waals surface area contributed by atoms with E-state index in [0.29, 0.717) is 26.2 Å². The van der Waals surface area contributed by atoms with Crippen LogP contribution in [0.5, 0.6) is 0 Å². The summed E-state index contributed by atoms with van der Waals surface area (Å²) in [6.07, 6.45) is -1.20. The molecule has 154 valence electrons. The van der Waals surface area contributed by atoms with Crippen LogP contribution in [0.1, 0.15) is 0 Å². The number of rotatable bonds is 4. The van der Waals surface area contributed by atoms with Crippen LogP contribution < -0.4 is 15.1 Å². The van der Waals surface area contributed by atoms with Crippen LogP contribution in [0.15, 0.2) is 12.1 Å². The van der Waals surface area contributed by atoms with E-state index < -0.39 is 23.8 Å². The smallest absolute Gasteiger partial charge is 0.414 e. The molecule has 1 aromatic rings. The first-order valence-electron chi connectivity index (χ1n) is 8.77. The van der Waals surface area contributed by atoms with E-state index in [2.05, 4.69) is 5.32 Å². The van der Waals surface area contributed by atoms with Gasteiger partial charge in [0.15, 0.2) is 11.6 Å². The van der Waals surface area contributed by atoms with Crippen molar-refractivity contribution in [3.8, 4) is 0 Å². The Labute approximate surface area is 166 Å². The molecule has 0 bridgehead atoms. The minimum Gasteiger partial charge on any atom is -0.474 e. The van der Waals surface area contributed by atoms with Crippen molar-refractivity contribution in [2.45, 2.75) is 6.10 Å². The van der Waals surface area contributed by atoms with Crippen molar-refractivity contribution in [2.24, 2.45) is 0 Å². The Hall–Kier alpha value is -2.24. The molecule has 2 aliphatic heterocycles. The Kier molecular flexibility index (Phi) is 6.47. The molecular weight excluding hydrogens is 394 g/mol. The molecule has 0 aromatic heterocycles. The standard InChI is InChI=1S/C17H22F2N4O4S/c1-21-3-4-22(5-6-26-21)15-13(18)7-11(8-14(15)19)23-10-12(27-17(23)24)9-20-16(28)25-2/h7-8,12H,3-6,9-10H2,1-2H3,(H,20,28)/t12-/m0/s1. The first-order valence-corrected chi connectivity index (χ1v) is 9.18. The number of ether oxygens (including phenoxy) is 2. The summed E-state index contributed by atoms with van der Waals surface area (Å²) in [5, 5.41) is 4.59. The second kappa shape index (κ2) is 8.84. The molecule has 1 amide bonds. The van der Waals surface area contributed by atoms with E-state index in [9.17, 15) is 13.6 Å². The van der Waals surface area contributed by atoms with Crippen LogP contribution in [-0.2, 0) is 14.3 Å². The van der Waals surface area contributed by atoms with E-state index in [1.165, 1.54) is 12.0 Å². The van der Waals surface area contributed by atoms with Crippen molar-refractivity contribution in [3.63, 3.8) is 0 Å². The Morgan fingerprint density at radius 3 is 2.71 bits per heavy atom. The quantitative estimate of drug-likeness (QED) is 0.741. The molecule has 0 spiro atoms. The lowest BCUT2D eigenvalue weighted by molar-refractivity contribution is -0.126. The molecule has 1 N–H and O–H groups in total. The maximum atomic E-state index is 14.7. The SMILES string of the molecule is COC(=S)NC[C@H]1CN(c2cc(F)c(N3CCON(C)CC3)c(F)c2)C(=O)O1. The van der Waals surface area contributed by atoms with E-state index >= 15 is 0 Å². The van der Waals surface area contributed by atoms with Gasteiger partial charge in [-0.1, -0.05) is 0 Å². The Morgan fingerprint density at radius 2 is 2.04 bits per heavy atom. The van der Waals surface area contributed by atoms with E-state index in [4.69, 9.17) is 26.5 Å². The summed E-state index contributed by atoms with van der Waals surface area (Å²) in [5.41, 5.74) is -0.0253. The maximum Gasteiger partial charge on any atom is 0.414 e. The van der Waals surface area contributed by atoms with Gasteiger partial charge in [-0.25, -0.2) is 13.6 Å². The predicted octanol–water partition coefficient (Wildman–Crippen LogP) is 1.49. The maximum absolute atomic E-state index is 14.7. The number of thiocarbonyl (C=S) groups is 1. The van der Waals surface area contributed by atoms with Gasteiger partial charge in [0.25, 0.3) is 5.17 Å². The topological polar surface area (TPSA) is 66.5 Å². The monoisotopic (exact) mass is 416 g/mol. The van der Waals surface area contributed by atoms with Gasteiger partial charge in [-0.05, 0) is 12.2 Å². The zero-order chi connectivity index (χ0) is 20.3. The number of methoxy groups -OCH3 is 1. The molecule has 3 rings (SSSR count). The number of hydroxylamine groups is 2. The number of anilines is 2. The van der Waals surface area contributed by atoms with Crippen molar-refractivity contribution < 1.29 is 27.9 Å². The van der Waals surface area contributed by atoms with Crippen LogP contribution in [0, 0.1) is 11.6 Å². The second-order valence-corrected chi connectivity index (χ2v) is 6.79. The van der Waals surface area contributed by atoms with E-state index in [-0.39, 0.29) is 29.6 Å². The van der Waals surface area contributed by atoms with Gasteiger partial charge in [0.1, 0.15) is 11.8 Å². The lowest BCUT2D eigenvalue weighted by atomic mass is 10.2. The highest BCUT2D eigenvalue weighted by atomic mass is 32.1. The molecule has 0 aliphatic carbocycles. The molecule has 0 unspecified atom stereocenters. The number of carbonyl (C=O) groups excluding carboxylic acids is 1. The van der Waals surface area contributed by atoms with E-state index in [0.717, 1.165) is 12.1 Å². The number of likely N-dealkylation sites (N-methyl/N-ethyl adjacent to an activating group) is 1. The van der Waals surface area contributed by atoms with Crippen LogP contribution in [0.3, 0.4) is 0 Å². The van der Waals surface area contributed by atoms with E-state index in [1.54, 1.807) is 17.0 Å². The number of hydrogen-bond acceptors (Lipinski definition) is 7. The minimum absolute atomic E-state index is 0.101. The molecule has 2 aliphatic rings. The van der Waals surface area contributed by atoms with Crippen molar-refractivity contribution in [3.05, 3.63) is 23.8 Å². The van der Waals surface area contributed by atoms with Gasteiger partial charge in [-0.15, -0.1) is 0 Å². The number of cyclic esters (lactones) is 1. The zero-order valence-corrected chi connectivity index (χ0v) is 16.4. The molecular formula is C17H22F2N4O4S. The molecule has 8 nitrogen and oxygen atoms in total. The highest BCUT2D eigenvalue weighted by molar-refractivity contribution is 7.80. The van der Waals surface area contributed by atoms with Crippen molar-refractivity contribution in [2.75, 3.05) is 63.3 Å². The molecule has 28 heavy (non-hydrogen) atoms. The van der Waals surface area contributed by atoms with Crippen LogP contribution in [0.2, 0.25) is 0 Å². The molecule has 0 radical (unpaired) electrons. The van der Waals surface area contributed by atoms with Gasteiger partial charge in [0.2, 0.25) is 0 Å². The second-order valence-electron chi connectivity index (χ2n) is 6.42. The lowest BCUT2D eigenvalue weighted by Crippen LogP contribution is -2.34. The summed E-state index contributed by atoms with van der Waals surface area (Å²) in [4.78, 5) is 20.3. The van der Waals surface area contributed by atoms with Crippen LogP contribution >= 0.6 is 12.2 Å². The number of carbonyl (C=O) groups is 1.